The number of hydrogen-bond donors (Lipinski definition) is 0. The number of anilines is 1. The number of benzene rings is 3. The molecule has 41 heavy (non-hydrogen) atoms. The van der Waals surface area contributed by atoms with Crippen molar-refractivity contribution in [3.8, 4) is 11.5 Å². The summed E-state index contributed by atoms with van der Waals surface area (Å²) >= 11 is 0. The van der Waals surface area contributed by atoms with Crippen LogP contribution in [0.5, 0.6) is 11.5 Å². The number of carbonyl (C=O) groups excluding carboxylic acids is 3. The third-order valence-electron chi connectivity index (χ3n) is 8.17. The van der Waals surface area contributed by atoms with Crippen LogP contribution >= 0.6 is 0 Å². The topological polar surface area (TPSA) is 82.1 Å². The largest absolute Gasteiger partial charge is 0.497 e. The van der Waals surface area contributed by atoms with Crippen LogP contribution in [-0.4, -0.2) is 38.1 Å². The number of hydrogen-bond acceptors (Lipinski definition) is 6. The van der Waals surface area contributed by atoms with Crippen molar-refractivity contribution >= 4 is 29.0 Å². The molecule has 0 radical (unpaired) electrons. The van der Waals surface area contributed by atoms with E-state index in [2.05, 4.69) is 12.2 Å². The van der Waals surface area contributed by atoms with Crippen molar-refractivity contribution in [1.29, 1.82) is 0 Å². The Hall–Kier alpha value is -4.65. The number of rotatable bonds is 7. The Kier molecular flexibility index (Phi) is 6.73. The zero-order chi connectivity index (χ0) is 28.8. The van der Waals surface area contributed by atoms with E-state index in [-0.39, 0.29) is 29.8 Å². The van der Waals surface area contributed by atoms with E-state index in [1.807, 2.05) is 48.5 Å². The second kappa shape index (κ2) is 10.4. The molecular formula is C34H31NO6. The van der Waals surface area contributed by atoms with Crippen LogP contribution < -0.4 is 14.4 Å². The summed E-state index contributed by atoms with van der Waals surface area (Å²) in [5.74, 6) is -0.732. The van der Waals surface area contributed by atoms with Gasteiger partial charge in [0.15, 0.2) is 0 Å². The van der Waals surface area contributed by atoms with Gasteiger partial charge in [-0.3, -0.25) is 9.59 Å². The molecule has 2 bridgehead atoms. The van der Waals surface area contributed by atoms with E-state index in [9.17, 15) is 14.4 Å². The van der Waals surface area contributed by atoms with Crippen LogP contribution in [0, 0.1) is 23.7 Å². The molecule has 1 aliphatic heterocycles. The monoisotopic (exact) mass is 549 g/mol. The minimum atomic E-state index is -0.482. The van der Waals surface area contributed by atoms with Crippen molar-refractivity contribution in [2.24, 2.45) is 23.7 Å². The molecule has 3 aromatic carbocycles. The smallest absolute Gasteiger partial charge is 0.338 e. The van der Waals surface area contributed by atoms with Gasteiger partial charge in [0.05, 0.1) is 43.4 Å². The van der Waals surface area contributed by atoms with Gasteiger partial charge in [0.25, 0.3) is 0 Å². The first kappa shape index (κ1) is 26.6. The summed E-state index contributed by atoms with van der Waals surface area (Å²) in [7, 11) is 3.27. The van der Waals surface area contributed by atoms with Gasteiger partial charge in [0.1, 0.15) is 11.5 Å². The molecule has 208 valence electrons. The number of amides is 2. The number of carbonyl (C=O) groups is 3. The predicted octanol–water partition coefficient (Wildman–Crippen LogP) is 5.69. The third-order valence-corrected chi connectivity index (χ3v) is 8.17. The van der Waals surface area contributed by atoms with Gasteiger partial charge in [0, 0.05) is 11.8 Å². The van der Waals surface area contributed by atoms with Gasteiger partial charge in [0.2, 0.25) is 11.8 Å². The lowest BCUT2D eigenvalue weighted by Crippen LogP contribution is -2.33. The molecule has 1 heterocycles. The van der Waals surface area contributed by atoms with Crippen LogP contribution in [0.3, 0.4) is 0 Å². The number of allylic oxidation sites excluding steroid dienone is 3. The molecule has 2 fully saturated rings. The van der Waals surface area contributed by atoms with Crippen molar-refractivity contribution < 1.29 is 28.6 Å². The Bertz CT molecular complexity index is 1480. The molecule has 7 heteroatoms. The van der Waals surface area contributed by atoms with Crippen molar-refractivity contribution in [1.82, 2.24) is 0 Å². The molecule has 0 unspecified atom stereocenters. The summed E-state index contributed by atoms with van der Waals surface area (Å²) in [4.78, 5) is 41.3. The number of fused-ring (bicyclic) bond motifs is 5. The summed E-state index contributed by atoms with van der Waals surface area (Å²) in [6, 6.07) is 22.2. The second-order valence-electron chi connectivity index (χ2n) is 10.8. The van der Waals surface area contributed by atoms with Gasteiger partial charge in [-0.15, -0.1) is 0 Å². The molecular weight excluding hydrogens is 518 g/mol. The summed E-state index contributed by atoms with van der Waals surface area (Å²) in [6.07, 6.45) is 3.91. The minimum Gasteiger partial charge on any atom is -0.497 e. The Balaban J connectivity index is 1.38. The molecule has 2 aliphatic carbocycles. The van der Waals surface area contributed by atoms with Crippen molar-refractivity contribution in [3.63, 3.8) is 0 Å². The number of methoxy groups -OCH3 is 2. The van der Waals surface area contributed by atoms with Gasteiger partial charge >= 0.3 is 5.97 Å². The molecule has 1 saturated carbocycles. The van der Waals surface area contributed by atoms with E-state index < -0.39 is 17.8 Å². The van der Waals surface area contributed by atoms with Crippen molar-refractivity contribution in [2.45, 2.75) is 20.0 Å². The predicted molar refractivity (Wildman–Crippen MR) is 155 cm³/mol. The van der Waals surface area contributed by atoms with Gasteiger partial charge in [-0.05, 0) is 84.7 Å². The van der Waals surface area contributed by atoms with Crippen LogP contribution in [0.15, 0.2) is 90.5 Å². The van der Waals surface area contributed by atoms with Gasteiger partial charge in [-0.25, -0.2) is 9.69 Å². The Morgan fingerprint density at radius 1 is 0.683 bits per heavy atom. The zero-order valence-corrected chi connectivity index (χ0v) is 23.4. The van der Waals surface area contributed by atoms with Crippen LogP contribution in [0.25, 0.3) is 5.57 Å². The van der Waals surface area contributed by atoms with Crippen molar-refractivity contribution in [3.05, 3.63) is 107 Å². The van der Waals surface area contributed by atoms with E-state index in [1.54, 1.807) is 52.3 Å². The van der Waals surface area contributed by atoms with E-state index in [0.29, 0.717) is 11.3 Å². The highest BCUT2D eigenvalue weighted by Crippen LogP contribution is 2.59. The van der Waals surface area contributed by atoms with Crippen LogP contribution in [0.1, 0.15) is 35.3 Å². The summed E-state index contributed by atoms with van der Waals surface area (Å²) in [5.41, 5.74) is 4.92. The molecule has 1 saturated heterocycles. The summed E-state index contributed by atoms with van der Waals surface area (Å²) < 4.78 is 16.0. The molecule has 7 nitrogen and oxygen atoms in total. The van der Waals surface area contributed by atoms with Crippen molar-refractivity contribution in [2.75, 3.05) is 19.1 Å². The number of ether oxygens (including phenoxy) is 3. The SMILES string of the molecule is COc1ccc(C(=C2[C@H]3C=C[C@H]2[C@H]2C(=O)N(c4ccc(C(=O)OC(C)C)cc4)C(=O)[C@@H]23)c2ccc(OC)cc2)cc1. The zero-order valence-electron chi connectivity index (χ0n) is 23.4. The first-order valence-electron chi connectivity index (χ1n) is 13.7. The maximum atomic E-state index is 13.9. The number of esters is 1. The summed E-state index contributed by atoms with van der Waals surface area (Å²) in [6.45, 7) is 3.57. The van der Waals surface area contributed by atoms with Crippen LogP contribution in [0.4, 0.5) is 5.69 Å². The highest BCUT2D eigenvalue weighted by molar-refractivity contribution is 6.23. The normalized spacial score (nSPS) is 22.4. The minimum absolute atomic E-state index is 0.203. The van der Waals surface area contributed by atoms with Crippen LogP contribution in [-0.2, 0) is 14.3 Å². The summed E-state index contributed by atoms with van der Waals surface area (Å²) in [5, 5.41) is 0. The van der Waals surface area contributed by atoms with Crippen LogP contribution in [0.2, 0.25) is 0 Å². The Labute approximate surface area is 239 Å². The second-order valence-corrected chi connectivity index (χ2v) is 10.8. The van der Waals surface area contributed by atoms with Gasteiger partial charge in [-0.2, -0.15) is 0 Å². The lowest BCUT2D eigenvalue weighted by molar-refractivity contribution is -0.122. The number of imide groups is 1. The molecule has 4 atom stereocenters. The first-order valence-corrected chi connectivity index (χ1v) is 13.7. The molecule has 3 aliphatic rings. The Morgan fingerprint density at radius 2 is 1.12 bits per heavy atom. The molecule has 0 spiro atoms. The van der Waals surface area contributed by atoms with E-state index in [0.717, 1.165) is 33.8 Å². The quantitative estimate of drug-likeness (QED) is 0.214. The molecule has 2 amide bonds. The molecule has 6 rings (SSSR count). The van der Waals surface area contributed by atoms with E-state index >= 15 is 0 Å². The highest BCUT2D eigenvalue weighted by atomic mass is 16.5. The average Bonchev–Trinajstić information content (AvgIpc) is 3.62. The van der Waals surface area contributed by atoms with Gasteiger partial charge < -0.3 is 14.2 Å². The third kappa shape index (κ3) is 4.42. The molecule has 0 N–H and O–H groups in total. The lowest BCUT2D eigenvalue weighted by atomic mass is 9.85. The standard InChI is InChI=1S/C34H31NO6/c1-19(2)41-34(38)22-5-11-23(12-6-22)35-32(36)30-26-17-18-27(31(30)33(35)37)29(26)28(20-7-13-24(39-3)14-8-20)21-9-15-25(40-4)16-10-21/h5-19,26-27,30-31H,1-4H3/t26-,27-,30-,31-/m1/s1. The highest BCUT2D eigenvalue weighted by Gasteiger charge is 2.62. The maximum absolute atomic E-state index is 13.9. The average molecular weight is 550 g/mol. The fraction of sp³-hybridized carbons (Fsp3) is 0.265. The Morgan fingerprint density at radius 3 is 1.54 bits per heavy atom. The number of nitrogens with zero attached hydrogens (tertiary/aromatic N) is 1. The maximum Gasteiger partial charge on any atom is 0.338 e. The van der Waals surface area contributed by atoms with E-state index in [4.69, 9.17) is 14.2 Å². The van der Waals surface area contributed by atoms with E-state index in [1.165, 1.54) is 4.90 Å². The van der Waals surface area contributed by atoms with Gasteiger partial charge in [-0.1, -0.05) is 36.4 Å². The first-order chi connectivity index (χ1) is 19.8. The fourth-order valence-electron chi connectivity index (χ4n) is 6.40. The molecule has 3 aromatic rings. The fourth-order valence-corrected chi connectivity index (χ4v) is 6.40. The lowest BCUT2D eigenvalue weighted by Gasteiger charge is -2.22. The molecule has 0 aromatic heterocycles.